The van der Waals surface area contributed by atoms with Gasteiger partial charge in [-0.3, -0.25) is 0 Å². The maximum absolute atomic E-state index is 13.2. The standard InChI is InChI=1S/C12H13FN2O3S/c1-9-6-11(2-3-12(9)13)19(16,17)15-4-5-18-8-10(15)7-14/h2-3,6,10H,4-5,8H2,1H3/t10-/m0/s1. The fraction of sp³-hybridized carbons (Fsp3) is 0.417. The number of ether oxygens (including phenoxy) is 1. The third-order valence-corrected chi connectivity index (χ3v) is 4.87. The van der Waals surface area contributed by atoms with Crippen LogP contribution in [0.1, 0.15) is 5.56 Å². The van der Waals surface area contributed by atoms with E-state index in [0.717, 1.165) is 10.4 Å². The minimum atomic E-state index is -3.80. The van der Waals surface area contributed by atoms with Crippen molar-refractivity contribution in [1.29, 1.82) is 5.26 Å². The van der Waals surface area contributed by atoms with Gasteiger partial charge in [-0.05, 0) is 30.7 Å². The quantitative estimate of drug-likeness (QED) is 0.814. The SMILES string of the molecule is Cc1cc(S(=O)(=O)N2CCOC[C@@H]2C#N)ccc1F. The molecule has 0 bridgehead atoms. The topological polar surface area (TPSA) is 70.4 Å². The van der Waals surface area contributed by atoms with E-state index < -0.39 is 21.9 Å². The Morgan fingerprint density at radius 1 is 1.53 bits per heavy atom. The molecule has 0 amide bonds. The molecule has 0 aliphatic carbocycles. The van der Waals surface area contributed by atoms with Crippen LogP contribution in [0.4, 0.5) is 4.39 Å². The highest BCUT2D eigenvalue weighted by atomic mass is 32.2. The van der Waals surface area contributed by atoms with E-state index in [1.165, 1.54) is 19.1 Å². The summed E-state index contributed by atoms with van der Waals surface area (Å²) in [5.41, 5.74) is 0.253. The molecule has 1 heterocycles. The first-order valence-electron chi connectivity index (χ1n) is 5.72. The molecule has 0 spiro atoms. The summed E-state index contributed by atoms with van der Waals surface area (Å²) in [6, 6.07) is 4.66. The number of sulfonamides is 1. The molecule has 2 rings (SSSR count). The molecule has 0 N–H and O–H groups in total. The summed E-state index contributed by atoms with van der Waals surface area (Å²) < 4.78 is 44.2. The summed E-state index contributed by atoms with van der Waals surface area (Å²) in [4.78, 5) is -0.00597. The number of morpholine rings is 1. The van der Waals surface area contributed by atoms with E-state index in [1.54, 1.807) is 0 Å². The van der Waals surface area contributed by atoms with Crippen molar-refractivity contribution < 1.29 is 17.5 Å². The van der Waals surface area contributed by atoms with Crippen molar-refractivity contribution in [1.82, 2.24) is 4.31 Å². The van der Waals surface area contributed by atoms with Crippen LogP contribution in [0.5, 0.6) is 0 Å². The molecule has 1 aromatic rings. The Hall–Kier alpha value is -1.49. The molecule has 19 heavy (non-hydrogen) atoms. The molecule has 0 aromatic heterocycles. The highest BCUT2D eigenvalue weighted by Gasteiger charge is 2.34. The van der Waals surface area contributed by atoms with Crippen LogP contribution in [-0.2, 0) is 14.8 Å². The van der Waals surface area contributed by atoms with Crippen LogP contribution in [0.25, 0.3) is 0 Å². The summed E-state index contributed by atoms with van der Waals surface area (Å²) in [5.74, 6) is -0.460. The summed E-state index contributed by atoms with van der Waals surface area (Å²) in [7, 11) is -3.80. The van der Waals surface area contributed by atoms with E-state index in [0.29, 0.717) is 0 Å². The lowest BCUT2D eigenvalue weighted by Gasteiger charge is -2.30. The van der Waals surface area contributed by atoms with Gasteiger partial charge in [0.15, 0.2) is 0 Å². The predicted molar refractivity (Wildman–Crippen MR) is 65.2 cm³/mol. The minimum absolute atomic E-state index is 0.00597. The molecule has 102 valence electrons. The molecule has 1 fully saturated rings. The van der Waals surface area contributed by atoms with E-state index in [-0.39, 0.29) is 30.2 Å². The zero-order valence-electron chi connectivity index (χ0n) is 10.3. The fourth-order valence-corrected chi connectivity index (χ4v) is 3.49. The normalized spacial score (nSPS) is 21.0. The molecule has 1 aliphatic heterocycles. The van der Waals surface area contributed by atoms with Gasteiger partial charge < -0.3 is 4.74 Å². The molecule has 1 aliphatic rings. The second-order valence-corrected chi connectivity index (χ2v) is 6.14. The van der Waals surface area contributed by atoms with Crippen LogP contribution in [0.2, 0.25) is 0 Å². The van der Waals surface area contributed by atoms with Crippen LogP contribution in [-0.4, -0.2) is 38.5 Å². The summed E-state index contributed by atoms with van der Waals surface area (Å²) in [6.45, 7) is 1.92. The smallest absolute Gasteiger partial charge is 0.244 e. The van der Waals surface area contributed by atoms with Crippen molar-refractivity contribution >= 4 is 10.0 Å². The van der Waals surface area contributed by atoms with Crippen LogP contribution < -0.4 is 0 Å². The average Bonchev–Trinajstić information content (AvgIpc) is 2.41. The first-order chi connectivity index (χ1) is 8.96. The second kappa shape index (κ2) is 5.25. The molecular weight excluding hydrogens is 271 g/mol. The second-order valence-electron chi connectivity index (χ2n) is 4.25. The number of hydrogen-bond donors (Lipinski definition) is 0. The number of benzene rings is 1. The molecule has 1 atom stereocenters. The van der Waals surface area contributed by atoms with Gasteiger partial charge in [0.25, 0.3) is 0 Å². The van der Waals surface area contributed by atoms with Crippen molar-refractivity contribution in [3.05, 3.63) is 29.6 Å². The van der Waals surface area contributed by atoms with Crippen LogP contribution in [0, 0.1) is 24.1 Å². The van der Waals surface area contributed by atoms with Crippen LogP contribution in [0.15, 0.2) is 23.1 Å². The van der Waals surface area contributed by atoms with Gasteiger partial charge in [0, 0.05) is 6.54 Å². The van der Waals surface area contributed by atoms with E-state index >= 15 is 0 Å². The first kappa shape index (κ1) is 13.9. The van der Waals surface area contributed by atoms with E-state index in [9.17, 15) is 12.8 Å². The highest BCUT2D eigenvalue weighted by molar-refractivity contribution is 7.89. The van der Waals surface area contributed by atoms with Crippen molar-refractivity contribution in [3.63, 3.8) is 0 Å². The third-order valence-electron chi connectivity index (χ3n) is 2.96. The Balaban J connectivity index is 2.41. The average molecular weight is 284 g/mol. The third kappa shape index (κ3) is 2.61. The fourth-order valence-electron chi connectivity index (χ4n) is 1.89. The van der Waals surface area contributed by atoms with Crippen LogP contribution >= 0.6 is 0 Å². The number of aryl methyl sites for hydroxylation is 1. The van der Waals surface area contributed by atoms with Gasteiger partial charge in [0.05, 0.1) is 24.2 Å². The monoisotopic (exact) mass is 284 g/mol. The van der Waals surface area contributed by atoms with Crippen molar-refractivity contribution in [2.45, 2.75) is 17.9 Å². The molecule has 5 nitrogen and oxygen atoms in total. The molecule has 7 heteroatoms. The highest BCUT2D eigenvalue weighted by Crippen LogP contribution is 2.22. The predicted octanol–water partition coefficient (Wildman–Crippen LogP) is 1.05. The lowest BCUT2D eigenvalue weighted by atomic mass is 10.2. The Morgan fingerprint density at radius 2 is 2.26 bits per heavy atom. The number of hydrogen-bond acceptors (Lipinski definition) is 4. The summed E-state index contributed by atoms with van der Waals surface area (Å²) in [5, 5.41) is 8.97. The Labute approximate surface area is 111 Å². The van der Waals surface area contributed by atoms with Gasteiger partial charge in [0.2, 0.25) is 10.0 Å². The number of nitrogens with zero attached hydrogens (tertiary/aromatic N) is 2. The Morgan fingerprint density at radius 3 is 2.89 bits per heavy atom. The van der Waals surface area contributed by atoms with Gasteiger partial charge in [-0.1, -0.05) is 0 Å². The zero-order chi connectivity index (χ0) is 14.0. The maximum atomic E-state index is 13.2. The molecule has 0 radical (unpaired) electrons. The van der Waals surface area contributed by atoms with Gasteiger partial charge in [-0.15, -0.1) is 0 Å². The number of nitriles is 1. The summed E-state index contributed by atoms with van der Waals surface area (Å²) in [6.07, 6.45) is 0. The number of rotatable bonds is 2. The first-order valence-corrected chi connectivity index (χ1v) is 7.16. The van der Waals surface area contributed by atoms with Gasteiger partial charge in [-0.2, -0.15) is 9.57 Å². The van der Waals surface area contributed by atoms with Crippen molar-refractivity contribution in [2.75, 3.05) is 19.8 Å². The van der Waals surface area contributed by atoms with Gasteiger partial charge >= 0.3 is 0 Å². The van der Waals surface area contributed by atoms with Crippen molar-refractivity contribution in [2.24, 2.45) is 0 Å². The molecular formula is C12H13FN2O3S. The maximum Gasteiger partial charge on any atom is 0.244 e. The Bertz CT molecular complexity index is 624. The Kier molecular flexibility index (Phi) is 3.85. The van der Waals surface area contributed by atoms with E-state index in [1.807, 2.05) is 6.07 Å². The van der Waals surface area contributed by atoms with Gasteiger partial charge in [0.1, 0.15) is 11.9 Å². The molecule has 1 saturated heterocycles. The molecule has 1 aromatic carbocycles. The summed E-state index contributed by atoms with van der Waals surface area (Å²) >= 11 is 0. The molecule has 0 unspecified atom stereocenters. The van der Waals surface area contributed by atoms with E-state index in [2.05, 4.69) is 0 Å². The lowest BCUT2D eigenvalue weighted by molar-refractivity contribution is 0.0511. The van der Waals surface area contributed by atoms with Crippen LogP contribution in [0.3, 0.4) is 0 Å². The largest absolute Gasteiger partial charge is 0.377 e. The molecule has 0 saturated carbocycles. The zero-order valence-corrected chi connectivity index (χ0v) is 11.2. The van der Waals surface area contributed by atoms with E-state index in [4.69, 9.17) is 10.00 Å². The lowest BCUT2D eigenvalue weighted by Crippen LogP contribution is -2.47. The number of halogens is 1. The van der Waals surface area contributed by atoms with Gasteiger partial charge in [-0.25, -0.2) is 12.8 Å². The van der Waals surface area contributed by atoms with Crippen molar-refractivity contribution in [3.8, 4) is 6.07 Å². The minimum Gasteiger partial charge on any atom is -0.377 e.